The first-order valence-electron chi connectivity index (χ1n) is 9.30. The number of hydrogen-bond acceptors (Lipinski definition) is 3. The largest absolute Gasteiger partial charge is 0.433 e. The summed E-state index contributed by atoms with van der Waals surface area (Å²) in [6.07, 6.45) is -1.07. The Balaban J connectivity index is 1.48. The summed E-state index contributed by atoms with van der Waals surface area (Å²) in [7, 11) is 0. The van der Waals surface area contributed by atoms with Crippen LogP contribution in [-0.2, 0) is 12.7 Å². The summed E-state index contributed by atoms with van der Waals surface area (Å²) < 4.78 is 38.7. The monoisotopic (exact) mass is 374 g/mol. The van der Waals surface area contributed by atoms with Crippen molar-refractivity contribution in [3.63, 3.8) is 0 Å². The van der Waals surface area contributed by atoms with E-state index in [-0.39, 0.29) is 17.4 Å². The summed E-state index contributed by atoms with van der Waals surface area (Å²) in [4.78, 5) is 18.9. The Labute approximate surface area is 156 Å². The third kappa shape index (κ3) is 3.76. The molecule has 1 aromatic heterocycles. The standard InChI is InChI=1S/C21H21F3N2O/c22-21(23,24)19-8-4-7-18(25-19)20(27)15-11-16-9-10-17(12-15)26(16)13-14-5-2-1-3-6-14/h1-8,15-17H,9-13H2. The van der Waals surface area contributed by atoms with E-state index in [4.69, 9.17) is 0 Å². The maximum atomic E-state index is 12.9. The number of nitrogens with zero attached hydrogens (tertiary/aromatic N) is 2. The van der Waals surface area contributed by atoms with Crippen LogP contribution in [0, 0.1) is 5.92 Å². The van der Waals surface area contributed by atoms with Crippen molar-refractivity contribution in [2.45, 2.75) is 50.5 Å². The van der Waals surface area contributed by atoms with E-state index in [0.29, 0.717) is 24.9 Å². The van der Waals surface area contributed by atoms with Crippen LogP contribution in [0.2, 0.25) is 0 Å². The Hall–Kier alpha value is -2.21. The van der Waals surface area contributed by atoms with E-state index in [1.807, 2.05) is 18.2 Å². The third-order valence-corrected chi connectivity index (χ3v) is 5.76. The fourth-order valence-corrected chi connectivity index (χ4v) is 4.48. The Morgan fingerprint density at radius 2 is 1.67 bits per heavy atom. The molecule has 2 bridgehead atoms. The van der Waals surface area contributed by atoms with Gasteiger partial charge >= 0.3 is 6.18 Å². The van der Waals surface area contributed by atoms with Gasteiger partial charge in [-0.1, -0.05) is 36.4 Å². The summed E-state index contributed by atoms with van der Waals surface area (Å²) in [5, 5.41) is 0. The van der Waals surface area contributed by atoms with Crippen molar-refractivity contribution in [1.29, 1.82) is 0 Å². The Bertz CT molecular complexity index is 808. The number of pyridine rings is 1. The van der Waals surface area contributed by atoms with E-state index < -0.39 is 11.9 Å². The van der Waals surface area contributed by atoms with E-state index >= 15 is 0 Å². The van der Waals surface area contributed by atoms with Gasteiger partial charge in [0.2, 0.25) is 0 Å². The molecule has 2 unspecified atom stereocenters. The minimum absolute atomic E-state index is 0.0641. The zero-order valence-electron chi connectivity index (χ0n) is 14.8. The van der Waals surface area contributed by atoms with Crippen molar-refractivity contribution in [2.75, 3.05) is 0 Å². The van der Waals surface area contributed by atoms with Gasteiger partial charge < -0.3 is 0 Å². The zero-order valence-corrected chi connectivity index (χ0v) is 14.8. The average molecular weight is 374 g/mol. The minimum atomic E-state index is -4.53. The van der Waals surface area contributed by atoms with Gasteiger partial charge in [-0.25, -0.2) is 4.98 Å². The molecule has 2 saturated heterocycles. The normalized spacial score (nSPS) is 25.5. The number of benzene rings is 1. The predicted octanol–water partition coefficient (Wildman–Crippen LogP) is 4.73. The van der Waals surface area contributed by atoms with Gasteiger partial charge in [0.25, 0.3) is 0 Å². The average Bonchev–Trinajstić information content (AvgIpc) is 2.89. The first-order valence-corrected chi connectivity index (χ1v) is 9.30. The van der Waals surface area contributed by atoms with Crippen molar-refractivity contribution in [1.82, 2.24) is 9.88 Å². The molecule has 0 spiro atoms. The van der Waals surface area contributed by atoms with E-state index in [0.717, 1.165) is 25.5 Å². The van der Waals surface area contributed by atoms with Gasteiger partial charge in [0.15, 0.2) is 5.78 Å². The first-order chi connectivity index (χ1) is 12.9. The second-order valence-corrected chi connectivity index (χ2v) is 7.48. The van der Waals surface area contributed by atoms with Crippen molar-refractivity contribution in [3.05, 3.63) is 65.5 Å². The number of hydrogen-bond donors (Lipinski definition) is 0. The Morgan fingerprint density at radius 3 is 2.30 bits per heavy atom. The van der Waals surface area contributed by atoms with Gasteiger partial charge in [0.1, 0.15) is 11.4 Å². The number of rotatable bonds is 4. The maximum absolute atomic E-state index is 12.9. The highest BCUT2D eigenvalue weighted by Gasteiger charge is 2.43. The number of carbonyl (C=O) groups is 1. The molecule has 3 nitrogen and oxygen atoms in total. The molecular formula is C21H21F3N2O. The molecule has 0 aliphatic carbocycles. The lowest BCUT2D eigenvalue weighted by Gasteiger charge is -2.38. The van der Waals surface area contributed by atoms with Gasteiger partial charge in [0.05, 0.1) is 0 Å². The van der Waals surface area contributed by atoms with Crippen molar-refractivity contribution in [3.8, 4) is 0 Å². The summed E-state index contributed by atoms with van der Waals surface area (Å²) in [5.41, 5.74) is 0.183. The molecule has 2 aliphatic heterocycles. The van der Waals surface area contributed by atoms with Crippen LogP contribution in [0.1, 0.15) is 47.4 Å². The van der Waals surface area contributed by atoms with Crippen LogP contribution >= 0.6 is 0 Å². The predicted molar refractivity (Wildman–Crippen MR) is 95.1 cm³/mol. The molecule has 27 heavy (non-hydrogen) atoms. The molecule has 2 fully saturated rings. The Morgan fingerprint density at radius 1 is 1.00 bits per heavy atom. The van der Waals surface area contributed by atoms with E-state index in [1.165, 1.54) is 17.7 Å². The fraction of sp³-hybridized carbons (Fsp3) is 0.429. The molecule has 0 N–H and O–H groups in total. The van der Waals surface area contributed by atoms with Crippen LogP contribution in [0.15, 0.2) is 48.5 Å². The van der Waals surface area contributed by atoms with E-state index in [9.17, 15) is 18.0 Å². The van der Waals surface area contributed by atoms with Crippen LogP contribution in [0.3, 0.4) is 0 Å². The molecule has 1 aromatic carbocycles. The quantitative estimate of drug-likeness (QED) is 0.726. The second kappa shape index (κ2) is 7.08. The molecule has 2 aliphatic rings. The maximum Gasteiger partial charge on any atom is 0.433 e. The van der Waals surface area contributed by atoms with Gasteiger partial charge in [-0.2, -0.15) is 13.2 Å². The molecule has 142 valence electrons. The van der Waals surface area contributed by atoms with Crippen LogP contribution < -0.4 is 0 Å². The molecule has 0 saturated carbocycles. The SMILES string of the molecule is O=C(c1cccc(C(F)(F)F)n1)C1CC2CCC(C1)N2Cc1ccccc1. The third-order valence-electron chi connectivity index (χ3n) is 5.76. The lowest BCUT2D eigenvalue weighted by molar-refractivity contribution is -0.141. The summed E-state index contributed by atoms with van der Waals surface area (Å²) in [6.45, 7) is 0.860. The minimum Gasteiger partial charge on any atom is -0.293 e. The highest BCUT2D eigenvalue weighted by atomic mass is 19.4. The molecule has 0 amide bonds. The molecule has 2 atom stereocenters. The summed E-state index contributed by atoms with van der Waals surface area (Å²) in [5.74, 6) is -0.497. The van der Waals surface area contributed by atoms with Crippen LogP contribution in [0.4, 0.5) is 13.2 Å². The molecule has 4 rings (SSSR count). The number of fused-ring (bicyclic) bond motifs is 2. The number of alkyl halides is 3. The van der Waals surface area contributed by atoms with Crippen molar-refractivity contribution in [2.24, 2.45) is 5.92 Å². The van der Waals surface area contributed by atoms with E-state index in [2.05, 4.69) is 22.0 Å². The molecule has 0 radical (unpaired) electrons. The number of Topliss-reactive ketones (excluding diaryl/α,β-unsaturated/α-hetero) is 1. The summed E-state index contributed by atoms with van der Waals surface area (Å²) in [6, 6.07) is 14.4. The van der Waals surface area contributed by atoms with Gasteiger partial charge in [-0.15, -0.1) is 0 Å². The number of carbonyl (C=O) groups excluding carboxylic acids is 1. The van der Waals surface area contributed by atoms with Crippen LogP contribution in [0.5, 0.6) is 0 Å². The zero-order chi connectivity index (χ0) is 19.0. The first kappa shape index (κ1) is 18.2. The van der Waals surface area contributed by atoms with Crippen molar-refractivity contribution >= 4 is 5.78 Å². The molecular weight excluding hydrogens is 353 g/mol. The number of piperidine rings is 1. The lowest BCUT2D eigenvalue weighted by Crippen LogP contribution is -2.44. The smallest absolute Gasteiger partial charge is 0.293 e. The van der Waals surface area contributed by atoms with Crippen molar-refractivity contribution < 1.29 is 18.0 Å². The molecule has 2 aromatic rings. The van der Waals surface area contributed by atoms with Gasteiger partial charge in [0, 0.05) is 24.5 Å². The number of halogens is 3. The topological polar surface area (TPSA) is 33.2 Å². The number of ketones is 1. The van der Waals surface area contributed by atoms with Crippen LogP contribution in [0.25, 0.3) is 0 Å². The molecule has 3 heterocycles. The second-order valence-electron chi connectivity index (χ2n) is 7.48. The summed E-state index contributed by atoms with van der Waals surface area (Å²) >= 11 is 0. The van der Waals surface area contributed by atoms with E-state index in [1.54, 1.807) is 0 Å². The van der Waals surface area contributed by atoms with Crippen LogP contribution in [-0.4, -0.2) is 27.8 Å². The molecule has 6 heteroatoms. The van der Waals surface area contributed by atoms with Gasteiger partial charge in [-0.3, -0.25) is 9.69 Å². The van der Waals surface area contributed by atoms with Gasteiger partial charge in [-0.05, 0) is 43.4 Å². The Kier molecular flexibility index (Phi) is 4.76. The highest BCUT2D eigenvalue weighted by molar-refractivity contribution is 5.96. The lowest BCUT2D eigenvalue weighted by atomic mass is 9.85. The highest BCUT2D eigenvalue weighted by Crippen LogP contribution is 2.40. The number of aromatic nitrogens is 1. The fourth-order valence-electron chi connectivity index (χ4n) is 4.48.